The Bertz CT molecular complexity index is 173. The molecule has 0 radical (unpaired) electrons. The summed E-state index contributed by atoms with van der Waals surface area (Å²) >= 11 is 0. The predicted molar refractivity (Wildman–Crippen MR) is 38.1 cm³/mol. The fourth-order valence-electron chi connectivity index (χ4n) is 0.595. The molecular weight excluding hydrogens is 112 g/mol. The first-order valence-corrected chi connectivity index (χ1v) is 3.05. The van der Waals surface area contributed by atoms with E-state index in [4.69, 9.17) is 0 Å². The third-order valence-electron chi connectivity index (χ3n) is 1.11. The van der Waals surface area contributed by atoms with E-state index in [1.807, 2.05) is 17.3 Å². The van der Waals surface area contributed by atoms with Crippen molar-refractivity contribution in [2.24, 2.45) is 5.10 Å². The molecule has 0 aliphatic carbocycles. The molecule has 9 heavy (non-hydrogen) atoms. The van der Waals surface area contributed by atoms with Crippen LogP contribution in [-0.2, 0) is 0 Å². The molecule has 0 spiro atoms. The Morgan fingerprint density at radius 3 is 2.67 bits per heavy atom. The number of hydrogen-bond donors (Lipinski definition) is 0. The van der Waals surface area contributed by atoms with E-state index in [0.29, 0.717) is 6.04 Å². The molecule has 1 rings (SSSR count). The van der Waals surface area contributed by atoms with Gasteiger partial charge in [0.2, 0.25) is 0 Å². The van der Waals surface area contributed by atoms with Crippen LogP contribution in [0.4, 0.5) is 0 Å². The van der Waals surface area contributed by atoms with Crippen molar-refractivity contribution < 1.29 is 0 Å². The minimum atomic E-state index is 0.433. The summed E-state index contributed by atoms with van der Waals surface area (Å²) in [6.07, 6.45) is 5.65. The molecule has 0 bridgehead atoms. The third kappa shape index (κ3) is 1.44. The summed E-state index contributed by atoms with van der Waals surface area (Å²) in [6.45, 7) is 4.17. The number of rotatable bonds is 1. The quantitative estimate of drug-likeness (QED) is 0.512. The van der Waals surface area contributed by atoms with E-state index in [2.05, 4.69) is 24.8 Å². The van der Waals surface area contributed by atoms with Gasteiger partial charge in [-0.3, -0.25) is 5.01 Å². The normalized spacial score (nSPS) is 15.7. The summed E-state index contributed by atoms with van der Waals surface area (Å²) in [4.78, 5) is 0. The van der Waals surface area contributed by atoms with E-state index in [-0.39, 0.29) is 0 Å². The van der Waals surface area contributed by atoms with Gasteiger partial charge in [-0.15, -0.1) is 5.10 Å². The van der Waals surface area contributed by atoms with Crippen LogP contribution in [0.1, 0.15) is 13.8 Å². The van der Waals surface area contributed by atoms with Crippen molar-refractivity contribution in [2.45, 2.75) is 19.9 Å². The Morgan fingerprint density at radius 1 is 1.56 bits per heavy atom. The molecule has 2 heteroatoms. The SMILES string of the molecule is CC(C)N1C=CC=C=N1. The molecule has 0 aromatic heterocycles. The molecule has 0 atom stereocenters. The summed E-state index contributed by atoms with van der Waals surface area (Å²) in [7, 11) is 0. The second-order valence-electron chi connectivity index (χ2n) is 2.21. The first kappa shape index (κ1) is 6.12. The van der Waals surface area contributed by atoms with Crippen LogP contribution >= 0.6 is 0 Å². The zero-order chi connectivity index (χ0) is 6.69. The van der Waals surface area contributed by atoms with Gasteiger partial charge in [0.25, 0.3) is 0 Å². The van der Waals surface area contributed by atoms with E-state index in [0.717, 1.165) is 0 Å². The van der Waals surface area contributed by atoms with Gasteiger partial charge in [-0.1, -0.05) is 0 Å². The molecule has 0 N–H and O–H groups in total. The Hall–Kier alpha value is -1.01. The molecule has 0 aromatic rings. The van der Waals surface area contributed by atoms with Gasteiger partial charge in [0.05, 0.1) is 0 Å². The first-order chi connectivity index (χ1) is 4.30. The highest BCUT2D eigenvalue weighted by molar-refractivity contribution is 5.55. The monoisotopic (exact) mass is 122 g/mol. The van der Waals surface area contributed by atoms with Crippen LogP contribution in [0.2, 0.25) is 0 Å². The van der Waals surface area contributed by atoms with Crippen LogP contribution in [0, 0.1) is 0 Å². The van der Waals surface area contributed by atoms with Gasteiger partial charge in [0.15, 0.2) is 0 Å². The summed E-state index contributed by atoms with van der Waals surface area (Å²) in [5, 5.41) is 5.83. The van der Waals surface area contributed by atoms with Crippen molar-refractivity contribution in [3.8, 4) is 0 Å². The molecule has 0 unspecified atom stereocenters. The van der Waals surface area contributed by atoms with Gasteiger partial charge in [0, 0.05) is 24.2 Å². The van der Waals surface area contributed by atoms with E-state index < -0.39 is 0 Å². The lowest BCUT2D eigenvalue weighted by atomic mass is 10.4. The van der Waals surface area contributed by atoms with Crippen molar-refractivity contribution in [3.63, 3.8) is 0 Å². The summed E-state index contributed by atoms with van der Waals surface area (Å²) < 4.78 is 0. The summed E-state index contributed by atoms with van der Waals surface area (Å²) in [5.74, 6) is 2.76. The lowest BCUT2D eigenvalue weighted by Crippen LogP contribution is -2.19. The molecule has 0 amide bonds. The van der Waals surface area contributed by atoms with Gasteiger partial charge < -0.3 is 0 Å². The van der Waals surface area contributed by atoms with E-state index in [9.17, 15) is 0 Å². The molecule has 0 saturated heterocycles. The number of allylic oxidation sites excluding steroid dienone is 2. The van der Waals surface area contributed by atoms with E-state index >= 15 is 0 Å². The molecule has 0 aromatic carbocycles. The van der Waals surface area contributed by atoms with Crippen LogP contribution in [0.25, 0.3) is 0 Å². The first-order valence-electron chi connectivity index (χ1n) is 3.05. The van der Waals surface area contributed by atoms with Crippen molar-refractivity contribution >= 4 is 5.87 Å². The average molecular weight is 122 g/mol. The van der Waals surface area contributed by atoms with Crippen molar-refractivity contribution in [2.75, 3.05) is 0 Å². The van der Waals surface area contributed by atoms with Crippen LogP contribution < -0.4 is 0 Å². The van der Waals surface area contributed by atoms with Crippen molar-refractivity contribution in [3.05, 3.63) is 18.4 Å². The van der Waals surface area contributed by atoms with E-state index in [1.165, 1.54) is 0 Å². The van der Waals surface area contributed by atoms with Crippen LogP contribution in [0.5, 0.6) is 0 Å². The lowest BCUT2D eigenvalue weighted by molar-refractivity contribution is 0.329. The number of hydrazone groups is 1. The zero-order valence-electron chi connectivity index (χ0n) is 5.70. The minimum Gasteiger partial charge on any atom is -0.262 e. The number of nitrogens with zero attached hydrogens (tertiary/aromatic N) is 2. The molecular formula is C7H10N2. The highest BCUT2D eigenvalue weighted by Crippen LogP contribution is 2.00. The third-order valence-corrected chi connectivity index (χ3v) is 1.11. The standard InChI is InChI=1S/C7H10N2/c1-7(2)9-6-4-3-5-8-9/h3-4,6-7H,1-2H3. The fraction of sp³-hybridized carbons (Fsp3) is 0.429. The van der Waals surface area contributed by atoms with Gasteiger partial charge in [-0.25, -0.2) is 0 Å². The zero-order valence-corrected chi connectivity index (χ0v) is 5.70. The highest BCUT2D eigenvalue weighted by atomic mass is 15.4. The van der Waals surface area contributed by atoms with Crippen LogP contribution in [0.15, 0.2) is 23.5 Å². The maximum Gasteiger partial charge on any atom is 0.0470 e. The average Bonchev–Trinajstić information content (AvgIpc) is 1.90. The second kappa shape index (κ2) is 2.51. The molecule has 1 aliphatic heterocycles. The Kier molecular flexibility index (Phi) is 1.71. The highest BCUT2D eigenvalue weighted by Gasteiger charge is 2.00. The largest absolute Gasteiger partial charge is 0.262 e. The molecule has 1 heterocycles. The van der Waals surface area contributed by atoms with Gasteiger partial charge >= 0.3 is 0 Å². The van der Waals surface area contributed by atoms with Crippen LogP contribution in [0.3, 0.4) is 0 Å². The fourth-order valence-corrected chi connectivity index (χ4v) is 0.595. The minimum absolute atomic E-state index is 0.433. The Labute approximate surface area is 55.2 Å². The summed E-state index contributed by atoms with van der Waals surface area (Å²) in [5.41, 5.74) is 0. The molecule has 0 fully saturated rings. The topological polar surface area (TPSA) is 15.6 Å². The molecule has 2 nitrogen and oxygen atoms in total. The van der Waals surface area contributed by atoms with E-state index in [1.54, 1.807) is 6.08 Å². The second-order valence-corrected chi connectivity index (χ2v) is 2.21. The van der Waals surface area contributed by atoms with Gasteiger partial charge in [-0.2, -0.15) is 0 Å². The Morgan fingerprint density at radius 2 is 2.33 bits per heavy atom. The van der Waals surface area contributed by atoms with Gasteiger partial charge in [0.1, 0.15) is 0 Å². The summed E-state index contributed by atoms with van der Waals surface area (Å²) in [6, 6.07) is 0.433. The maximum atomic E-state index is 3.97. The molecule has 48 valence electrons. The maximum absolute atomic E-state index is 3.97. The van der Waals surface area contributed by atoms with Gasteiger partial charge in [-0.05, 0) is 19.9 Å². The Balaban J connectivity index is 2.65. The lowest BCUT2D eigenvalue weighted by Gasteiger charge is -2.17. The predicted octanol–water partition coefficient (Wildman–Crippen LogP) is 1.36. The van der Waals surface area contributed by atoms with Crippen molar-refractivity contribution in [1.29, 1.82) is 0 Å². The van der Waals surface area contributed by atoms with Crippen molar-refractivity contribution in [1.82, 2.24) is 5.01 Å². The molecule has 1 aliphatic rings. The number of hydrogen-bond acceptors (Lipinski definition) is 2. The van der Waals surface area contributed by atoms with Crippen LogP contribution in [-0.4, -0.2) is 16.9 Å². The smallest absolute Gasteiger partial charge is 0.0470 e. The molecule has 0 saturated carbocycles.